The molecule has 0 amide bonds. The highest BCUT2D eigenvalue weighted by Crippen LogP contribution is 2.08. The van der Waals surface area contributed by atoms with Gasteiger partial charge < -0.3 is 5.32 Å². The van der Waals surface area contributed by atoms with Crippen LogP contribution < -0.4 is 10.9 Å². The van der Waals surface area contributed by atoms with E-state index in [-0.39, 0.29) is 11.4 Å². The first-order chi connectivity index (χ1) is 10.2. The third kappa shape index (κ3) is 2.91. The van der Waals surface area contributed by atoms with Crippen molar-refractivity contribution >= 4 is 16.6 Å². The van der Waals surface area contributed by atoms with Gasteiger partial charge in [0.25, 0.3) is 5.56 Å². The molecular weight excluding hydrogens is 269 g/mol. The van der Waals surface area contributed by atoms with Crippen molar-refractivity contribution in [3.63, 3.8) is 0 Å². The molecule has 21 heavy (non-hydrogen) atoms. The van der Waals surface area contributed by atoms with Crippen molar-refractivity contribution < 1.29 is 4.39 Å². The molecule has 1 aromatic heterocycles. The highest BCUT2D eigenvalue weighted by Gasteiger charge is 2.02. The summed E-state index contributed by atoms with van der Waals surface area (Å²) in [5, 5.41) is 3.75. The second-order valence-corrected chi connectivity index (χ2v) is 4.69. The molecule has 1 heterocycles. The molecule has 0 aliphatic rings. The molecule has 2 aromatic carbocycles. The molecule has 3 rings (SSSR count). The summed E-state index contributed by atoms with van der Waals surface area (Å²) in [6, 6.07) is 13.4. The van der Waals surface area contributed by atoms with Gasteiger partial charge in [-0.2, -0.15) is 0 Å². The van der Waals surface area contributed by atoms with Crippen LogP contribution in [0.15, 0.2) is 59.7 Å². The lowest BCUT2D eigenvalue weighted by atomic mass is 10.2. The molecule has 0 bridgehead atoms. The maximum atomic E-state index is 12.8. The number of nitrogens with one attached hydrogen (secondary N) is 1. The lowest BCUT2D eigenvalue weighted by Gasteiger charge is -2.09. The first kappa shape index (κ1) is 13.3. The quantitative estimate of drug-likeness (QED) is 0.800. The number of hydrogen-bond acceptors (Lipinski definition) is 3. The number of fused-ring (bicyclic) bond motifs is 1. The van der Waals surface area contributed by atoms with Crippen molar-refractivity contribution in [1.29, 1.82) is 0 Å². The molecular formula is C16H14FN3O. The fourth-order valence-electron chi connectivity index (χ4n) is 2.15. The zero-order chi connectivity index (χ0) is 14.7. The largest absolute Gasteiger partial charge is 0.383 e. The van der Waals surface area contributed by atoms with Crippen molar-refractivity contribution in [1.82, 2.24) is 9.55 Å². The van der Waals surface area contributed by atoms with E-state index in [1.54, 1.807) is 29.1 Å². The van der Waals surface area contributed by atoms with Crippen LogP contribution in [-0.2, 0) is 6.54 Å². The van der Waals surface area contributed by atoms with Crippen LogP contribution >= 0.6 is 0 Å². The van der Waals surface area contributed by atoms with E-state index in [1.165, 1.54) is 12.1 Å². The Kier molecular flexibility index (Phi) is 3.64. The van der Waals surface area contributed by atoms with Gasteiger partial charge in [0, 0.05) is 18.8 Å². The molecule has 0 unspecified atom stereocenters. The Bertz CT molecular complexity index is 812. The number of aromatic nitrogens is 2. The SMILES string of the molecule is O=c1c2ccccc2ncn1CCNc1ccc(F)cc1. The maximum Gasteiger partial charge on any atom is 0.261 e. The van der Waals surface area contributed by atoms with E-state index in [9.17, 15) is 9.18 Å². The number of anilines is 1. The van der Waals surface area contributed by atoms with Gasteiger partial charge in [-0.25, -0.2) is 9.37 Å². The van der Waals surface area contributed by atoms with Crippen LogP contribution in [-0.4, -0.2) is 16.1 Å². The van der Waals surface area contributed by atoms with Gasteiger partial charge in [-0.05, 0) is 36.4 Å². The summed E-state index contributed by atoms with van der Waals surface area (Å²) in [7, 11) is 0. The van der Waals surface area contributed by atoms with Crippen LogP contribution in [0.25, 0.3) is 10.9 Å². The van der Waals surface area contributed by atoms with Crippen molar-refractivity contribution in [3.05, 3.63) is 71.0 Å². The van der Waals surface area contributed by atoms with E-state index >= 15 is 0 Å². The van der Waals surface area contributed by atoms with Crippen molar-refractivity contribution in [2.24, 2.45) is 0 Å². The summed E-state index contributed by atoms with van der Waals surface area (Å²) in [6.45, 7) is 1.06. The molecule has 0 saturated carbocycles. The average molecular weight is 283 g/mol. The smallest absolute Gasteiger partial charge is 0.261 e. The van der Waals surface area contributed by atoms with Gasteiger partial charge in [-0.3, -0.25) is 9.36 Å². The van der Waals surface area contributed by atoms with E-state index in [1.807, 2.05) is 18.2 Å². The Morgan fingerprint density at radius 1 is 1.10 bits per heavy atom. The van der Waals surface area contributed by atoms with Crippen LogP contribution in [0.5, 0.6) is 0 Å². The molecule has 0 atom stereocenters. The fourth-order valence-corrected chi connectivity index (χ4v) is 2.15. The summed E-state index contributed by atoms with van der Waals surface area (Å²) >= 11 is 0. The lowest BCUT2D eigenvalue weighted by Crippen LogP contribution is -2.24. The maximum absolute atomic E-state index is 12.8. The van der Waals surface area contributed by atoms with Crippen LogP contribution in [0.2, 0.25) is 0 Å². The number of hydrogen-bond donors (Lipinski definition) is 1. The van der Waals surface area contributed by atoms with Crippen LogP contribution in [0, 0.1) is 5.82 Å². The standard InChI is InChI=1S/C16H14FN3O/c17-12-5-7-13(8-6-12)18-9-10-20-11-19-15-4-2-1-3-14(15)16(20)21/h1-8,11,18H,9-10H2. The highest BCUT2D eigenvalue weighted by atomic mass is 19.1. The summed E-state index contributed by atoms with van der Waals surface area (Å²) in [5.74, 6) is -0.268. The third-order valence-electron chi connectivity index (χ3n) is 3.26. The Balaban J connectivity index is 1.72. The first-order valence-electron chi connectivity index (χ1n) is 6.68. The minimum atomic E-state index is -0.268. The predicted molar refractivity (Wildman–Crippen MR) is 80.9 cm³/mol. The summed E-state index contributed by atoms with van der Waals surface area (Å²) in [5.41, 5.74) is 1.46. The highest BCUT2D eigenvalue weighted by molar-refractivity contribution is 5.76. The predicted octanol–water partition coefficient (Wildman–Crippen LogP) is 2.65. The molecule has 3 aromatic rings. The second-order valence-electron chi connectivity index (χ2n) is 4.69. The number of rotatable bonds is 4. The minimum Gasteiger partial charge on any atom is -0.383 e. The normalized spacial score (nSPS) is 10.7. The molecule has 106 valence electrons. The van der Waals surface area contributed by atoms with Gasteiger partial charge in [0.2, 0.25) is 0 Å². The molecule has 0 aliphatic carbocycles. The van der Waals surface area contributed by atoms with Crippen molar-refractivity contribution in [2.45, 2.75) is 6.54 Å². The van der Waals surface area contributed by atoms with E-state index in [2.05, 4.69) is 10.3 Å². The molecule has 4 nitrogen and oxygen atoms in total. The summed E-state index contributed by atoms with van der Waals surface area (Å²) in [6.07, 6.45) is 1.55. The van der Waals surface area contributed by atoms with E-state index in [0.29, 0.717) is 24.0 Å². The molecule has 0 aliphatic heterocycles. The molecule has 0 saturated heterocycles. The Labute approximate surface area is 120 Å². The molecule has 1 N–H and O–H groups in total. The molecule has 0 radical (unpaired) electrons. The Hall–Kier alpha value is -2.69. The molecule has 0 spiro atoms. The number of benzene rings is 2. The van der Waals surface area contributed by atoms with Crippen LogP contribution in [0.4, 0.5) is 10.1 Å². The van der Waals surface area contributed by atoms with Crippen molar-refractivity contribution in [3.8, 4) is 0 Å². The minimum absolute atomic E-state index is 0.0542. The first-order valence-corrected chi connectivity index (χ1v) is 6.68. The second kappa shape index (κ2) is 5.75. The average Bonchev–Trinajstić information content (AvgIpc) is 2.52. The van der Waals surface area contributed by atoms with Gasteiger partial charge in [0.1, 0.15) is 5.82 Å². The topological polar surface area (TPSA) is 46.9 Å². The van der Waals surface area contributed by atoms with Crippen LogP contribution in [0.3, 0.4) is 0 Å². The van der Waals surface area contributed by atoms with Gasteiger partial charge in [0.05, 0.1) is 17.2 Å². The van der Waals surface area contributed by atoms with E-state index < -0.39 is 0 Å². The van der Waals surface area contributed by atoms with Gasteiger partial charge >= 0.3 is 0 Å². The number of halogens is 1. The number of nitrogens with zero attached hydrogens (tertiary/aromatic N) is 2. The van der Waals surface area contributed by atoms with Gasteiger partial charge in [0.15, 0.2) is 0 Å². The number of para-hydroxylation sites is 1. The zero-order valence-corrected chi connectivity index (χ0v) is 11.3. The van der Waals surface area contributed by atoms with Crippen molar-refractivity contribution in [2.75, 3.05) is 11.9 Å². The summed E-state index contributed by atoms with van der Waals surface area (Å²) < 4.78 is 14.4. The van der Waals surface area contributed by atoms with E-state index in [4.69, 9.17) is 0 Å². The Morgan fingerprint density at radius 2 is 1.86 bits per heavy atom. The molecule has 5 heteroatoms. The zero-order valence-electron chi connectivity index (χ0n) is 11.3. The third-order valence-corrected chi connectivity index (χ3v) is 3.26. The Morgan fingerprint density at radius 3 is 2.67 bits per heavy atom. The lowest BCUT2D eigenvalue weighted by molar-refractivity contribution is 0.628. The van der Waals surface area contributed by atoms with Gasteiger partial charge in [-0.1, -0.05) is 12.1 Å². The summed E-state index contributed by atoms with van der Waals surface area (Å²) in [4.78, 5) is 16.5. The van der Waals surface area contributed by atoms with Gasteiger partial charge in [-0.15, -0.1) is 0 Å². The van der Waals surface area contributed by atoms with Crippen LogP contribution in [0.1, 0.15) is 0 Å². The van der Waals surface area contributed by atoms with E-state index in [0.717, 1.165) is 5.69 Å². The fraction of sp³-hybridized carbons (Fsp3) is 0.125. The molecule has 0 fully saturated rings. The monoisotopic (exact) mass is 283 g/mol.